The van der Waals surface area contributed by atoms with Gasteiger partial charge in [0, 0.05) is 0 Å². The fraction of sp³-hybridized carbons (Fsp3) is 0.143. The molecule has 4 nitrogen and oxygen atoms in total. The molecule has 6 heteroatoms. The van der Waals surface area contributed by atoms with E-state index in [2.05, 4.69) is 4.72 Å². The van der Waals surface area contributed by atoms with Gasteiger partial charge in [-0.05, 0) is 55.3 Å². The number of nitrogen functional groups attached to an aromatic ring is 1. The summed E-state index contributed by atoms with van der Waals surface area (Å²) in [6.45, 7) is 3.65. The summed E-state index contributed by atoms with van der Waals surface area (Å²) in [5, 5.41) is 0. The van der Waals surface area contributed by atoms with Crippen molar-refractivity contribution in [2.75, 3.05) is 10.5 Å². The van der Waals surface area contributed by atoms with Crippen molar-refractivity contribution in [3.63, 3.8) is 0 Å². The van der Waals surface area contributed by atoms with E-state index in [1.54, 1.807) is 13.0 Å². The van der Waals surface area contributed by atoms with Gasteiger partial charge in [-0.3, -0.25) is 4.72 Å². The highest BCUT2D eigenvalue weighted by molar-refractivity contribution is 7.92. The molecule has 0 aliphatic carbocycles. The first-order chi connectivity index (χ1) is 9.29. The van der Waals surface area contributed by atoms with Crippen LogP contribution in [0.15, 0.2) is 41.3 Å². The Morgan fingerprint density at radius 3 is 2.40 bits per heavy atom. The molecule has 0 radical (unpaired) electrons. The number of benzene rings is 2. The fourth-order valence-electron chi connectivity index (χ4n) is 1.81. The van der Waals surface area contributed by atoms with Crippen molar-refractivity contribution in [2.45, 2.75) is 18.7 Å². The van der Waals surface area contributed by atoms with E-state index in [4.69, 9.17) is 5.73 Å². The van der Waals surface area contributed by atoms with Crippen LogP contribution in [0.1, 0.15) is 11.1 Å². The number of halogens is 1. The number of aryl methyl sites for hydroxylation is 2. The molecule has 3 N–H and O–H groups in total. The number of nitrogens with one attached hydrogen (secondary N) is 1. The molecule has 0 spiro atoms. The maximum absolute atomic E-state index is 13.1. The van der Waals surface area contributed by atoms with Crippen molar-refractivity contribution in [3.8, 4) is 0 Å². The molecule has 0 aliphatic rings. The van der Waals surface area contributed by atoms with Crippen LogP contribution in [0.3, 0.4) is 0 Å². The van der Waals surface area contributed by atoms with E-state index in [1.165, 1.54) is 24.3 Å². The molecular weight excluding hydrogens is 279 g/mol. The van der Waals surface area contributed by atoms with E-state index in [1.807, 2.05) is 6.92 Å². The van der Waals surface area contributed by atoms with Gasteiger partial charge in [-0.1, -0.05) is 6.07 Å². The molecule has 0 saturated heterocycles. The van der Waals surface area contributed by atoms with Gasteiger partial charge in [-0.15, -0.1) is 0 Å². The molecule has 0 unspecified atom stereocenters. The summed E-state index contributed by atoms with van der Waals surface area (Å²) in [7, 11) is -3.84. The van der Waals surface area contributed by atoms with Gasteiger partial charge in [0.25, 0.3) is 10.0 Å². The third-order valence-electron chi connectivity index (χ3n) is 2.99. The molecule has 0 fully saturated rings. The molecule has 0 amide bonds. The van der Waals surface area contributed by atoms with Crippen LogP contribution < -0.4 is 10.5 Å². The highest BCUT2D eigenvalue weighted by Gasteiger charge is 2.18. The Kier molecular flexibility index (Phi) is 3.67. The van der Waals surface area contributed by atoms with Gasteiger partial charge >= 0.3 is 0 Å². The summed E-state index contributed by atoms with van der Waals surface area (Å²) in [5.74, 6) is -0.516. The van der Waals surface area contributed by atoms with E-state index in [-0.39, 0.29) is 16.3 Å². The van der Waals surface area contributed by atoms with E-state index in [9.17, 15) is 12.8 Å². The van der Waals surface area contributed by atoms with Gasteiger partial charge in [0.15, 0.2) is 0 Å². The number of sulfonamides is 1. The van der Waals surface area contributed by atoms with Crippen LogP contribution in [-0.4, -0.2) is 8.42 Å². The highest BCUT2D eigenvalue weighted by Crippen LogP contribution is 2.25. The second kappa shape index (κ2) is 5.13. The molecule has 0 aliphatic heterocycles. The molecule has 0 atom stereocenters. The molecule has 0 aromatic heterocycles. The van der Waals surface area contributed by atoms with Crippen molar-refractivity contribution >= 4 is 21.4 Å². The van der Waals surface area contributed by atoms with E-state index in [0.29, 0.717) is 0 Å². The van der Waals surface area contributed by atoms with Crippen LogP contribution in [0.2, 0.25) is 0 Å². The first kappa shape index (κ1) is 14.3. The zero-order valence-corrected chi connectivity index (χ0v) is 12.0. The molecule has 2 rings (SSSR count). The van der Waals surface area contributed by atoms with Gasteiger partial charge in [0.05, 0.1) is 11.4 Å². The molecule has 0 bridgehead atoms. The van der Waals surface area contributed by atoms with E-state index >= 15 is 0 Å². The summed E-state index contributed by atoms with van der Waals surface area (Å²) < 4.78 is 40.0. The van der Waals surface area contributed by atoms with Gasteiger partial charge in [0.1, 0.15) is 10.7 Å². The molecule has 2 aromatic carbocycles. The first-order valence-electron chi connectivity index (χ1n) is 5.95. The van der Waals surface area contributed by atoms with Gasteiger partial charge in [-0.25, -0.2) is 12.8 Å². The molecule has 106 valence electrons. The normalized spacial score (nSPS) is 11.3. The molecule has 0 heterocycles. The molecule has 20 heavy (non-hydrogen) atoms. The van der Waals surface area contributed by atoms with Crippen LogP contribution in [0, 0.1) is 19.7 Å². The zero-order chi connectivity index (χ0) is 14.9. The molecular formula is C14H15FN2O2S. The second-order valence-electron chi connectivity index (χ2n) is 4.59. The maximum atomic E-state index is 13.1. The second-order valence-corrected chi connectivity index (χ2v) is 6.24. The summed E-state index contributed by atoms with van der Waals surface area (Å²) >= 11 is 0. The SMILES string of the molecule is Cc1cc(N)c(S(=O)(=O)Nc2cccc(F)c2)cc1C. The fourth-order valence-corrected chi connectivity index (χ4v) is 3.06. The topological polar surface area (TPSA) is 72.2 Å². The molecule has 0 saturated carbocycles. The Morgan fingerprint density at radius 2 is 1.75 bits per heavy atom. The quantitative estimate of drug-likeness (QED) is 0.855. The summed E-state index contributed by atoms with van der Waals surface area (Å²) in [6.07, 6.45) is 0. The predicted octanol–water partition coefficient (Wildman–Crippen LogP) is 2.83. The van der Waals surface area contributed by atoms with Crippen LogP contribution in [0.25, 0.3) is 0 Å². The van der Waals surface area contributed by atoms with Crippen LogP contribution in [0.5, 0.6) is 0 Å². The lowest BCUT2D eigenvalue weighted by Gasteiger charge is -2.12. The monoisotopic (exact) mass is 294 g/mol. The average molecular weight is 294 g/mol. The summed E-state index contributed by atoms with van der Waals surface area (Å²) in [4.78, 5) is -0.00939. The number of hydrogen-bond acceptors (Lipinski definition) is 3. The van der Waals surface area contributed by atoms with Gasteiger partial charge in [0.2, 0.25) is 0 Å². The van der Waals surface area contributed by atoms with Crippen molar-refractivity contribution in [1.29, 1.82) is 0 Å². The van der Waals surface area contributed by atoms with Crippen LogP contribution in [-0.2, 0) is 10.0 Å². The lowest BCUT2D eigenvalue weighted by molar-refractivity contribution is 0.601. The number of hydrogen-bond donors (Lipinski definition) is 2. The minimum absolute atomic E-state index is 0.00939. The van der Waals surface area contributed by atoms with Crippen molar-refractivity contribution in [2.24, 2.45) is 0 Å². The smallest absolute Gasteiger partial charge is 0.263 e. The van der Waals surface area contributed by atoms with Gasteiger partial charge in [-0.2, -0.15) is 0 Å². The zero-order valence-electron chi connectivity index (χ0n) is 11.1. The number of nitrogens with two attached hydrogens (primary N) is 1. The largest absolute Gasteiger partial charge is 0.398 e. The van der Waals surface area contributed by atoms with Gasteiger partial charge < -0.3 is 5.73 Å². The van der Waals surface area contributed by atoms with Crippen molar-refractivity contribution in [1.82, 2.24) is 0 Å². The maximum Gasteiger partial charge on any atom is 0.263 e. The Balaban J connectivity index is 2.43. The van der Waals surface area contributed by atoms with Crippen LogP contribution >= 0.6 is 0 Å². The minimum atomic E-state index is -3.84. The lowest BCUT2D eigenvalue weighted by Crippen LogP contribution is -2.15. The third kappa shape index (κ3) is 2.91. The number of rotatable bonds is 3. The Labute approximate surface area is 117 Å². The van der Waals surface area contributed by atoms with Crippen LogP contribution in [0.4, 0.5) is 15.8 Å². The standard InChI is InChI=1S/C14H15FN2O2S/c1-9-6-13(16)14(7-10(9)2)20(18,19)17-12-5-3-4-11(15)8-12/h3-8,17H,16H2,1-2H3. The highest BCUT2D eigenvalue weighted by atomic mass is 32.2. The Bertz CT molecular complexity index is 758. The summed E-state index contributed by atoms with van der Waals surface area (Å²) in [6, 6.07) is 8.35. The van der Waals surface area contributed by atoms with E-state index < -0.39 is 15.8 Å². The predicted molar refractivity (Wildman–Crippen MR) is 77.5 cm³/mol. The minimum Gasteiger partial charge on any atom is -0.398 e. The number of anilines is 2. The molecule has 2 aromatic rings. The Morgan fingerprint density at radius 1 is 1.10 bits per heavy atom. The van der Waals surface area contributed by atoms with Crippen molar-refractivity contribution < 1.29 is 12.8 Å². The summed E-state index contributed by atoms with van der Waals surface area (Å²) in [5.41, 5.74) is 7.81. The first-order valence-corrected chi connectivity index (χ1v) is 7.43. The van der Waals surface area contributed by atoms with Crippen molar-refractivity contribution in [3.05, 3.63) is 53.3 Å². The lowest BCUT2D eigenvalue weighted by atomic mass is 10.1. The van der Waals surface area contributed by atoms with E-state index in [0.717, 1.165) is 17.2 Å². The average Bonchev–Trinajstić information content (AvgIpc) is 2.33. The Hall–Kier alpha value is -2.08. The third-order valence-corrected chi connectivity index (χ3v) is 4.43.